The Bertz CT molecular complexity index is 418. The fourth-order valence-corrected chi connectivity index (χ4v) is 3.23. The fraction of sp³-hybridized carbons (Fsp3) is 0.812. The van der Waals surface area contributed by atoms with Crippen molar-refractivity contribution in [3.63, 3.8) is 0 Å². The maximum atomic E-state index is 6.39. The van der Waals surface area contributed by atoms with Gasteiger partial charge in [-0.15, -0.1) is 0 Å². The molecule has 0 saturated heterocycles. The van der Waals surface area contributed by atoms with Crippen molar-refractivity contribution in [1.29, 1.82) is 0 Å². The van der Waals surface area contributed by atoms with Crippen molar-refractivity contribution in [3.05, 3.63) is 11.5 Å². The average Bonchev–Trinajstić information content (AvgIpc) is 2.53. The van der Waals surface area contributed by atoms with Crippen LogP contribution < -0.4 is 5.73 Å². The number of nitrogens with two attached hydrogens (primary N) is 1. The second-order valence-electron chi connectivity index (χ2n) is 6.89. The molecule has 2 rings (SSSR count). The van der Waals surface area contributed by atoms with Crippen molar-refractivity contribution in [1.82, 2.24) is 9.55 Å². The predicted octanol–water partition coefficient (Wildman–Crippen LogP) is 4.22. The number of hydrogen-bond acceptors (Lipinski definition) is 2. The van der Waals surface area contributed by atoms with E-state index in [2.05, 4.69) is 32.3 Å². The summed E-state index contributed by atoms with van der Waals surface area (Å²) in [5, 5.41) is 0. The van der Waals surface area contributed by atoms with Crippen LogP contribution in [0.2, 0.25) is 0 Å². The summed E-state index contributed by atoms with van der Waals surface area (Å²) in [4.78, 5) is 4.96. The van der Waals surface area contributed by atoms with Gasteiger partial charge in [0.25, 0.3) is 0 Å². The van der Waals surface area contributed by atoms with E-state index in [4.69, 9.17) is 10.7 Å². The molecule has 0 amide bonds. The lowest BCUT2D eigenvalue weighted by molar-refractivity contribution is 0.505. The largest absolute Gasteiger partial charge is 0.384 e. The monoisotopic (exact) mass is 263 g/mol. The molecule has 1 heterocycles. The third-order valence-corrected chi connectivity index (χ3v) is 4.26. The first-order valence-corrected chi connectivity index (χ1v) is 7.81. The van der Waals surface area contributed by atoms with E-state index in [1.807, 2.05) is 0 Å². The molecule has 1 aromatic rings. The molecule has 0 radical (unpaired) electrons. The van der Waals surface area contributed by atoms with Gasteiger partial charge in [0.05, 0.1) is 5.69 Å². The van der Waals surface area contributed by atoms with E-state index in [-0.39, 0.29) is 5.41 Å². The topological polar surface area (TPSA) is 43.8 Å². The van der Waals surface area contributed by atoms with Crippen LogP contribution in [0.15, 0.2) is 0 Å². The van der Waals surface area contributed by atoms with E-state index in [1.165, 1.54) is 44.2 Å². The summed E-state index contributed by atoms with van der Waals surface area (Å²) < 4.78 is 2.21. The molecular formula is C16H29N3. The number of nitrogen functional groups attached to an aromatic ring is 1. The van der Waals surface area contributed by atoms with Gasteiger partial charge in [-0.25, -0.2) is 4.98 Å². The Balaban J connectivity index is 2.38. The van der Waals surface area contributed by atoms with Crippen LogP contribution in [0.4, 0.5) is 5.82 Å². The van der Waals surface area contributed by atoms with Crippen molar-refractivity contribution in [2.75, 3.05) is 5.73 Å². The van der Waals surface area contributed by atoms with Crippen LogP contribution in [0.5, 0.6) is 0 Å². The highest BCUT2D eigenvalue weighted by Gasteiger charge is 2.27. The fourth-order valence-electron chi connectivity index (χ4n) is 3.23. The quantitative estimate of drug-likeness (QED) is 0.812. The Kier molecular flexibility index (Phi) is 4.22. The standard InChI is InChI=1S/C16H29N3/c1-5-19-14(17)13(18-15(19)16(2,3)4)12-10-8-6-7-9-11-12/h12H,5-11,17H2,1-4H3. The van der Waals surface area contributed by atoms with Gasteiger partial charge in [-0.2, -0.15) is 0 Å². The molecule has 0 bridgehead atoms. The first-order chi connectivity index (χ1) is 8.95. The molecule has 1 saturated carbocycles. The highest BCUT2D eigenvalue weighted by Crippen LogP contribution is 2.36. The summed E-state index contributed by atoms with van der Waals surface area (Å²) in [6.07, 6.45) is 7.92. The summed E-state index contributed by atoms with van der Waals surface area (Å²) >= 11 is 0. The van der Waals surface area contributed by atoms with Crippen molar-refractivity contribution < 1.29 is 0 Å². The van der Waals surface area contributed by atoms with Crippen molar-refractivity contribution in [3.8, 4) is 0 Å². The molecule has 2 N–H and O–H groups in total. The maximum absolute atomic E-state index is 6.39. The van der Waals surface area contributed by atoms with Gasteiger partial charge in [0.2, 0.25) is 0 Å². The third-order valence-electron chi connectivity index (χ3n) is 4.26. The van der Waals surface area contributed by atoms with Crippen LogP contribution in [0.1, 0.15) is 83.7 Å². The van der Waals surface area contributed by atoms with E-state index in [0.29, 0.717) is 5.92 Å². The van der Waals surface area contributed by atoms with E-state index in [0.717, 1.165) is 18.2 Å². The first kappa shape index (κ1) is 14.4. The van der Waals surface area contributed by atoms with Crippen LogP contribution in [-0.2, 0) is 12.0 Å². The minimum atomic E-state index is 0.0626. The molecule has 0 aliphatic heterocycles. The van der Waals surface area contributed by atoms with E-state index in [1.54, 1.807) is 0 Å². The second-order valence-corrected chi connectivity index (χ2v) is 6.89. The lowest BCUT2D eigenvalue weighted by Gasteiger charge is -2.19. The number of imidazole rings is 1. The van der Waals surface area contributed by atoms with Crippen molar-refractivity contribution >= 4 is 5.82 Å². The zero-order valence-corrected chi connectivity index (χ0v) is 13.0. The number of anilines is 1. The minimum absolute atomic E-state index is 0.0626. The van der Waals surface area contributed by atoms with Crippen LogP contribution in [0.3, 0.4) is 0 Å². The minimum Gasteiger partial charge on any atom is -0.384 e. The number of aromatic nitrogens is 2. The first-order valence-electron chi connectivity index (χ1n) is 7.81. The van der Waals surface area contributed by atoms with Gasteiger partial charge in [0, 0.05) is 17.9 Å². The second kappa shape index (κ2) is 5.56. The van der Waals surface area contributed by atoms with Crippen molar-refractivity contribution in [2.24, 2.45) is 0 Å². The zero-order chi connectivity index (χ0) is 14.0. The highest BCUT2D eigenvalue weighted by molar-refractivity contribution is 5.42. The molecule has 0 unspecified atom stereocenters. The molecule has 19 heavy (non-hydrogen) atoms. The van der Waals surface area contributed by atoms with Gasteiger partial charge in [-0.05, 0) is 19.8 Å². The van der Waals surface area contributed by atoms with E-state index >= 15 is 0 Å². The molecule has 0 spiro atoms. The number of hydrogen-bond donors (Lipinski definition) is 1. The van der Waals surface area contributed by atoms with Gasteiger partial charge in [0.15, 0.2) is 0 Å². The highest BCUT2D eigenvalue weighted by atomic mass is 15.1. The van der Waals surface area contributed by atoms with Gasteiger partial charge in [-0.3, -0.25) is 0 Å². The third kappa shape index (κ3) is 2.96. The number of nitrogens with zero attached hydrogens (tertiary/aromatic N) is 2. The van der Waals surface area contributed by atoms with Gasteiger partial charge < -0.3 is 10.3 Å². The van der Waals surface area contributed by atoms with Gasteiger partial charge in [-0.1, -0.05) is 46.5 Å². The zero-order valence-electron chi connectivity index (χ0n) is 13.0. The van der Waals surface area contributed by atoms with Crippen LogP contribution in [0.25, 0.3) is 0 Å². The lowest BCUT2D eigenvalue weighted by Crippen LogP contribution is -2.19. The lowest BCUT2D eigenvalue weighted by atomic mass is 9.95. The van der Waals surface area contributed by atoms with Crippen molar-refractivity contribution in [2.45, 2.75) is 84.1 Å². The molecule has 0 aromatic carbocycles. The number of rotatable bonds is 2. The molecular weight excluding hydrogens is 234 g/mol. The Morgan fingerprint density at radius 2 is 1.74 bits per heavy atom. The molecule has 108 valence electrons. The molecule has 1 aliphatic rings. The summed E-state index contributed by atoms with van der Waals surface area (Å²) in [6, 6.07) is 0. The Morgan fingerprint density at radius 1 is 1.16 bits per heavy atom. The summed E-state index contributed by atoms with van der Waals surface area (Å²) in [7, 11) is 0. The average molecular weight is 263 g/mol. The molecule has 3 nitrogen and oxygen atoms in total. The summed E-state index contributed by atoms with van der Waals surface area (Å²) in [6.45, 7) is 9.73. The van der Waals surface area contributed by atoms with E-state index in [9.17, 15) is 0 Å². The van der Waals surface area contributed by atoms with Gasteiger partial charge in [0.1, 0.15) is 11.6 Å². The van der Waals surface area contributed by atoms with Crippen LogP contribution in [-0.4, -0.2) is 9.55 Å². The van der Waals surface area contributed by atoms with Gasteiger partial charge >= 0.3 is 0 Å². The smallest absolute Gasteiger partial charge is 0.127 e. The Morgan fingerprint density at radius 3 is 2.16 bits per heavy atom. The van der Waals surface area contributed by atoms with E-state index < -0.39 is 0 Å². The Hall–Kier alpha value is -0.990. The Labute approximate surface area is 117 Å². The molecule has 0 atom stereocenters. The maximum Gasteiger partial charge on any atom is 0.127 e. The molecule has 1 aromatic heterocycles. The SMILES string of the molecule is CCn1c(C(C)(C)C)nc(C2CCCCCC2)c1N. The summed E-state index contributed by atoms with van der Waals surface area (Å²) in [5.74, 6) is 2.64. The molecule has 3 heteroatoms. The van der Waals surface area contributed by atoms with Crippen LogP contribution >= 0.6 is 0 Å². The normalized spacial score (nSPS) is 18.5. The van der Waals surface area contributed by atoms with Crippen LogP contribution in [0, 0.1) is 0 Å². The molecule has 1 aliphatic carbocycles. The molecule has 1 fully saturated rings. The summed E-state index contributed by atoms with van der Waals surface area (Å²) in [5.41, 5.74) is 7.63. The predicted molar refractivity (Wildman–Crippen MR) is 81.5 cm³/mol.